The van der Waals surface area contributed by atoms with Crippen molar-refractivity contribution in [3.8, 4) is 5.75 Å². The van der Waals surface area contributed by atoms with E-state index in [0.29, 0.717) is 12.4 Å². The van der Waals surface area contributed by atoms with Crippen molar-refractivity contribution in [2.75, 3.05) is 33.9 Å². The van der Waals surface area contributed by atoms with Gasteiger partial charge in [-0.1, -0.05) is 11.6 Å². The lowest BCUT2D eigenvalue weighted by Gasteiger charge is -2.28. The summed E-state index contributed by atoms with van der Waals surface area (Å²) in [5, 5.41) is 3.59. The van der Waals surface area contributed by atoms with Crippen molar-refractivity contribution in [3.05, 3.63) is 23.2 Å². The Balaban J connectivity index is 0.00000264. The lowest BCUT2D eigenvalue weighted by atomic mass is 9.99. The molecular formula is C14H22Cl2N2O4S. The number of hydrogen-bond acceptors (Lipinski definition) is 5. The van der Waals surface area contributed by atoms with Crippen molar-refractivity contribution in [2.45, 2.75) is 23.3 Å². The van der Waals surface area contributed by atoms with Crippen molar-refractivity contribution in [3.63, 3.8) is 0 Å². The van der Waals surface area contributed by atoms with Crippen LogP contribution in [0.2, 0.25) is 5.02 Å². The van der Waals surface area contributed by atoms with Gasteiger partial charge in [0.25, 0.3) is 0 Å². The van der Waals surface area contributed by atoms with Crippen LogP contribution < -0.4 is 14.8 Å². The maximum atomic E-state index is 12.4. The minimum atomic E-state index is -3.64. The summed E-state index contributed by atoms with van der Waals surface area (Å²) in [6, 6.07) is 4.39. The molecule has 6 nitrogen and oxygen atoms in total. The minimum absolute atomic E-state index is 0. The normalized spacial score (nSPS) is 21.0. The Morgan fingerprint density at radius 1 is 1.39 bits per heavy atom. The molecule has 132 valence electrons. The average Bonchev–Trinajstić information content (AvgIpc) is 2.95. The zero-order chi connectivity index (χ0) is 16.2. The monoisotopic (exact) mass is 384 g/mol. The van der Waals surface area contributed by atoms with E-state index in [-0.39, 0.29) is 34.4 Å². The molecule has 0 saturated carbocycles. The molecule has 1 unspecified atom stereocenters. The molecular weight excluding hydrogens is 363 g/mol. The standard InChI is InChI=1S/C14H21ClN2O4S.ClH/c1-20-10-14(6-3-7-16-14)9-17-22(18,19)11-4-5-13(21-2)12(15)8-11;/h4-5,8,16-17H,3,6-7,9-10H2,1-2H3;1H. The molecule has 1 heterocycles. The summed E-state index contributed by atoms with van der Waals surface area (Å²) >= 11 is 5.99. The summed E-state index contributed by atoms with van der Waals surface area (Å²) in [7, 11) is -0.547. The third-order valence-corrected chi connectivity index (χ3v) is 5.48. The predicted molar refractivity (Wildman–Crippen MR) is 92.3 cm³/mol. The number of sulfonamides is 1. The molecule has 2 rings (SSSR count). The van der Waals surface area contributed by atoms with Crippen molar-refractivity contribution >= 4 is 34.0 Å². The average molecular weight is 385 g/mol. The van der Waals surface area contributed by atoms with E-state index in [4.69, 9.17) is 21.1 Å². The van der Waals surface area contributed by atoms with Crippen LogP contribution in [-0.2, 0) is 14.8 Å². The molecule has 1 aliphatic rings. The Bertz CT molecular complexity index is 619. The molecule has 23 heavy (non-hydrogen) atoms. The summed E-state index contributed by atoms with van der Waals surface area (Å²) in [4.78, 5) is 0.115. The number of methoxy groups -OCH3 is 2. The van der Waals surface area contributed by atoms with E-state index in [1.54, 1.807) is 7.11 Å². The quantitative estimate of drug-likeness (QED) is 0.749. The lowest BCUT2D eigenvalue weighted by molar-refractivity contribution is 0.122. The van der Waals surface area contributed by atoms with E-state index in [1.807, 2.05) is 0 Å². The van der Waals surface area contributed by atoms with Gasteiger partial charge in [-0.3, -0.25) is 0 Å². The van der Waals surface area contributed by atoms with E-state index in [0.717, 1.165) is 19.4 Å². The molecule has 0 bridgehead atoms. The van der Waals surface area contributed by atoms with Gasteiger partial charge in [-0.2, -0.15) is 0 Å². The molecule has 1 aliphatic heterocycles. The molecule has 0 aromatic heterocycles. The molecule has 0 amide bonds. The first-order valence-corrected chi connectivity index (χ1v) is 8.86. The van der Waals surface area contributed by atoms with Gasteiger partial charge in [-0.05, 0) is 37.6 Å². The Hall–Kier alpha value is -0.570. The number of ether oxygens (including phenoxy) is 2. The Labute approximate surface area is 148 Å². The zero-order valence-electron chi connectivity index (χ0n) is 13.1. The molecule has 1 atom stereocenters. The molecule has 9 heteroatoms. The van der Waals surface area contributed by atoms with Gasteiger partial charge in [-0.25, -0.2) is 13.1 Å². The van der Waals surface area contributed by atoms with Crippen LogP contribution in [0.25, 0.3) is 0 Å². The van der Waals surface area contributed by atoms with Crippen LogP contribution in [0.5, 0.6) is 5.75 Å². The molecule has 0 spiro atoms. The first-order chi connectivity index (χ1) is 10.4. The number of benzene rings is 1. The van der Waals surface area contributed by atoms with Crippen LogP contribution in [0.4, 0.5) is 0 Å². The molecule has 0 aliphatic carbocycles. The highest BCUT2D eigenvalue weighted by Crippen LogP contribution is 2.27. The van der Waals surface area contributed by atoms with Crippen molar-refractivity contribution in [1.82, 2.24) is 10.0 Å². The Kier molecular flexibility index (Phi) is 7.57. The topological polar surface area (TPSA) is 76.7 Å². The van der Waals surface area contributed by atoms with Gasteiger partial charge in [-0.15, -0.1) is 12.4 Å². The van der Waals surface area contributed by atoms with E-state index in [2.05, 4.69) is 10.0 Å². The molecule has 1 aromatic rings. The number of hydrogen-bond donors (Lipinski definition) is 2. The second-order valence-electron chi connectivity index (χ2n) is 5.36. The fraction of sp³-hybridized carbons (Fsp3) is 0.571. The van der Waals surface area contributed by atoms with Crippen LogP contribution in [0, 0.1) is 0 Å². The van der Waals surface area contributed by atoms with Gasteiger partial charge in [0.05, 0.1) is 29.2 Å². The van der Waals surface area contributed by atoms with Crippen LogP contribution in [0.15, 0.2) is 23.1 Å². The van der Waals surface area contributed by atoms with Crippen molar-refractivity contribution in [1.29, 1.82) is 0 Å². The van der Waals surface area contributed by atoms with E-state index in [9.17, 15) is 8.42 Å². The summed E-state index contributed by atoms with van der Waals surface area (Å²) < 4.78 is 37.7. The van der Waals surface area contributed by atoms with Gasteiger partial charge in [0.15, 0.2) is 0 Å². The fourth-order valence-corrected chi connectivity index (χ4v) is 4.08. The van der Waals surface area contributed by atoms with Crippen LogP contribution in [0.1, 0.15) is 12.8 Å². The highest BCUT2D eigenvalue weighted by Gasteiger charge is 2.34. The Morgan fingerprint density at radius 2 is 2.13 bits per heavy atom. The number of nitrogens with one attached hydrogen (secondary N) is 2. The molecule has 1 aromatic carbocycles. The summed E-state index contributed by atoms with van der Waals surface area (Å²) in [6.45, 7) is 1.59. The van der Waals surface area contributed by atoms with Crippen molar-refractivity contribution < 1.29 is 17.9 Å². The van der Waals surface area contributed by atoms with E-state index in [1.165, 1.54) is 25.3 Å². The van der Waals surface area contributed by atoms with Gasteiger partial charge in [0, 0.05) is 13.7 Å². The third kappa shape index (κ3) is 4.95. The van der Waals surface area contributed by atoms with Crippen LogP contribution >= 0.6 is 24.0 Å². The summed E-state index contributed by atoms with van der Waals surface area (Å²) in [6.07, 6.45) is 1.87. The first-order valence-electron chi connectivity index (χ1n) is 7.00. The minimum Gasteiger partial charge on any atom is -0.495 e. The number of rotatable bonds is 7. The summed E-state index contributed by atoms with van der Waals surface area (Å²) in [5.74, 6) is 0.439. The Morgan fingerprint density at radius 3 is 2.65 bits per heavy atom. The van der Waals surface area contributed by atoms with Gasteiger partial charge >= 0.3 is 0 Å². The maximum absolute atomic E-state index is 12.4. The second kappa shape index (κ2) is 8.50. The van der Waals surface area contributed by atoms with Gasteiger partial charge in [0.2, 0.25) is 10.0 Å². The molecule has 1 saturated heterocycles. The maximum Gasteiger partial charge on any atom is 0.240 e. The number of halogens is 2. The van der Waals surface area contributed by atoms with E-state index < -0.39 is 10.0 Å². The predicted octanol–water partition coefficient (Wildman–Crippen LogP) is 1.82. The SMILES string of the molecule is COCC1(CNS(=O)(=O)c2ccc(OC)c(Cl)c2)CCCN1.Cl. The fourth-order valence-electron chi connectivity index (χ4n) is 2.60. The largest absolute Gasteiger partial charge is 0.495 e. The first kappa shape index (κ1) is 20.5. The molecule has 1 fully saturated rings. The highest BCUT2D eigenvalue weighted by molar-refractivity contribution is 7.89. The lowest BCUT2D eigenvalue weighted by Crippen LogP contribution is -2.52. The smallest absolute Gasteiger partial charge is 0.240 e. The van der Waals surface area contributed by atoms with Gasteiger partial charge < -0.3 is 14.8 Å². The van der Waals surface area contributed by atoms with Gasteiger partial charge in [0.1, 0.15) is 5.75 Å². The highest BCUT2D eigenvalue weighted by atomic mass is 35.5. The molecule has 2 N–H and O–H groups in total. The van der Waals surface area contributed by atoms with Crippen LogP contribution in [-0.4, -0.2) is 47.9 Å². The second-order valence-corrected chi connectivity index (χ2v) is 7.54. The summed E-state index contributed by atoms with van der Waals surface area (Å²) in [5.41, 5.74) is -0.349. The van der Waals surface area contributed by atoms with Crippen molar-refractivity contribution in [2.24, 2.45) is 0 Å². The zero-order valence-corrected chi connectivity index (χ0v) is 15.5. The molecule has 0 radical (unpaired) electrons. The van der Waals surface area contributed by atoms with E-state index >= 15 is 0 Å². The third-order valence-electron chi connectivity index (χ3n) is 3.79. The van der Waals surface area contributed by atoms with Crippen LogP contribution in [0.3, 0.4) is 0 Å².